The molecule has 2 aromatic rings. The van der Waals surface area contributed by atoms with Crippen LogP contribution in [-0.2, 0) is 16.0 Å². The molecule has 3 rings (SSSR count). The molecular formula is C23H28N2O4. The van der Waals surface area contributed by atoms with E-state index < -0.39 is 11.2 Å². The molecule has 0 aliphatic carbocycles. The zero-order chi connectivity index (χ0) is 21.6. The number of benzene rings is 1. The molecule has 0 saturated carbocycles. The second-order valence-corrected chi connectivity index (χ2v) is 8.34. The number of ether oxygens (including phenoxy) is 2. The fourth-order valence-electron chi connectivity index (χ4n) is 3.71. The Morgan fingerprint density at radius 3 is 2.38 bits per heavy atom. The standard InChI is InChI=1S/C23H28N2O4/c1-8-15-9-10-16(28-18-11-13(2)24-14(3)25-18)12-17(15)19-20(26)22(4,5)29-23(6,7)21(19)27/h9-12,26H,8H2,1-7H3. The monoisotopic (exact) mass is 396 g/mol. The molecular weight excluding hydrogens is 368 g/mol. The minimum absolute atomic E-state index is 0.0672. The molecule has 1 N–H and O–H groups in total. The van der Waals surface area contributed by atoms with Crippen LogP contribution in [0.4, 0.5) is 0 Å². The number of hydrogen-bond acceptors (Lipinski definition) is 6. The van der Waals surface area contributed by atoms with Crippen LogP contribution in [0.3, 0.4) is 0 Å². The lowest BCUT2D eigenvalue weighted by Crippen LogP contribution is -2.49. The molecule has 154 valence electrons. The molecule has 29 heavy (non-hydrogen) atoms. The van der Waals surface area contributed by atoms with Crippen LogP contribution >= 0.6 is 0 Å². The number of Topliss-reactive ketones (excluding diaryl/α,β-unsaturated/α-hetero) is 1. The first-order valence-electron chi connectivity index (χ1n) is 9.76. The van der Waals surface area contributed by atoms with Gasteiger partial charge in [0.05, 0.1) is 5.57 Å². The summed E-state index contributed by atoms with van der Waals surface area (Å²) < 4.78 is 11.8. The van der Waals surface area contributed by atoms with Crippen LogP contribution in [-0.4, -0.2) is 32.1 Å². The topological polar surface area (TPSA) is 81.5 Å². The van der Waals surface area contributed by atoms with Crippen LogP contribution in [0.5, 0.6) is 11.6 Å². The highest BCUT2D eigenvalue weighted by atomic mass is 16.5. The van der Waals surface area contributed by atoms with Gasteiger partial charge in [0.1, 0.15) is 28.5 Å². The van der Waals surface area contributed by atoms with E-state index >= 15 is 0 Å². The molecule has 0 unspecified atom stereocenters. The SMILES string of the molecule is CCc1ccc(Oc2cc(C)nc(C)n2)cc1C1=C(O)C(C)(C)OC(C)(C)C1=O. The van der Waals surface area contributed by atoms with Gasteiger partial charge < -0.3 is 14.6 Å². The largest absolute Gasteiger partial charge is 0.508 e. The average molecular weight is 396 g/mol. The van der Waals surface area contributed by atoms with Gasteiger partial charge in [0, 0.05) is 11.8 Å². The fourth-order valence-corrected chi connectivity index (χ4v) is 3.71. The Kier molecular flexibility index (Phi) is 5.26. The lowest BCUT2D eigenvalue weighted by molar-refractivity contribution is -0.158. The van der Waals surface area contributed by atoms with Gasteiger partial charge in [0.25, 0.3) is 0 Å². The van der Waals surface area contributed by atoms with E-state index in [9.17, 15) is 9.90 Å². The molecule has 6 nitrogen and oxygen atoms in total. The highest BCUT2D eigenvalue weighted by Gasteiger charge is 2.47. The summed E-state index contributed by atoms with van der Waals surface area (Å²) in [6.45, 7) is 12.7. The third-order valence-electron chi connectivity index (χ3n) is 4.99. The number of carbonyl (C=O) groups is 1. The van der Waals surface area contributed by atoms with Crippen LogP contribution in [0.1, 0.15) is 57.3 Å². The molecule has 0 fully saturated rings. The van der Waals surface area contributed by atoms with Gasteiger partial charge in [-0.05, 0) is 71.2 Å². The molecule has 0 atom stereocenters. The molecule has 6 heteroatoms. The molecule has 0 radical (unpaired) electrons. The van der Waals surface area contributed by atoms with Gasteiger partial charge in [-0.3, -0.25) is 4.79 Å². The molecule has 0 saturated heterocycles. The summed E-state index contributed by atoms with van der Waals surface area (Å²) in [7, 11) is 0. The number of aliphatic hydroxyl groups is 1. The van der Waals surface area contributed by atoms with Gasteiger partial charge in [0.15, 0.2) is 5.78 Å². The quantitative estimate of drug-likeness (QED) is 0.794. The first-order valence-corrected chi connectivity index (χ1v) is 9.76. The summed E-state index contributed by atoms with van der Waals surface area (Å²) in [6.07, 6.45) is 0.701. The Bertz CT molecular complexity index is 986. The highest BCUT2D eigenvalue weighted by molar-refractivity contribution is 6.26. The Morgan fingerprint density at radius 2 is 1.76 bits per heavy atom. The number of aryl methyl sites for hydroxylation is 3. The maximum absolute atomic E-state index is 13.2. The second-order valence-electron chi connectivity index (χ2n) is 8.34. The predicted molar refractivity (Wildman–Crippen MR) is 111 cm³/mol. The van der Waals surface area contributed by atoms with Crippen molar-refractivity contribution in [1.82, 2.24) is 9.97 Å². The maximum Gasteiger partial charge on any atom is 0.222 e. The summed E-state index contributed by atoms with van der Waals surface area (Å²) >= 11 is 0. The van der Waals surface area contributed by atoms with Crippen LogP contribution in [0, 0.1) is 13.8 Å². The minimum atomic E-state index is -1.05. The van der Waals surface area contributed by atoms with E-state index in [4.69, 9.17) is 9.47 Å². The van der Waals surface area contributed by atoms with Crippen molar-refractivity contribution in [2.45, 2.75) is 66.1 Å². The van der Waals surface area contributed by atoms with E-state index in [0.29, 0.717) is 29.4 Å². The summed E-state index contributed by atoms with van der Waals surface area (Å²) in [4.78, 5) is 21.7. The van der Waals surface area contributed by atoms with Crippen LogP contribution in [0.2, 0.25) is 0 Å². The van der Waals surface area contributed by atoms with Crippen molar-refractivity contribution in [1.29, 1.82) is 0 Å². The van der Waals surface area contributed by atoms with Crippen molar-refractivity contribution in [2.24, 2.45) is 0 Å². The first-order chi connectivity index (χ1) is 13.4. The van der Waals surface area contributed by atoms with Crippen molar-refractivity contribution < 1.29 is 19.4 Å². The van der Waals surface area contributed by atoms with Crippen LogP contribution in [0.15, 0.2) is 30.0 Å². The van der Waals surface area contributed by atoms with Gasteiger partial charge in [-0.25, -0.2) is 4.98 Å². The zero-order valence-corrected chi connectivity index (χ0v) is 18.1. The first kappa shape index (κ1) is 21.0. The van der Waals surface area contributed by atoms with E-state index in [1.807, 2.05) is 26.0 Å². The van der Waals surface area contributed by atoms with Crippen LogP contribution in [0.25, 0.3) is 5.57 Å². The number of nitrogens with zero attached hydrogens (tertiary/aromatic N) is 2. The molecule has 0 bridgehead atoms. The van der Waals surface area contributed by atoms with Gasteiger partial charge >= 0.3 is 0 Å². The minimum Gasteiger partial charge on any atom is -0.508 e. The molecule has 1 aliphatic heterocycles. The van der Waals surface area contributed by atoms with Gasteiger partial charge in [0.2, 0.25) is 5.88 Å². The number of carbonyl (C=O) groups excluding carboxylic acids is 1. The number of rotatable bonds is 4. The van der Waals surface area contributed by atoms with Gasteiger partial charge in [-0.2, -0.15) is 4.98 Å². The van der Waals surface area contributed by atoms with Crippen molar-refractivity contribution in [3.05, 3.63) is 52.7 Å². The zero-order valence-electron chi connectivity index (χ0n) is 18.1. The van der Waals surface area contributed by atoms with E-state index in [-0.39, 0.29) is 17.1 Å². The number of hydrogen-bond donors (Lipinski definition) is 1. The molecule has 0 amide bonds. The average Bonchev–Trinajstić information content (AvgIpc) is 2.59. The molecule has 0 spiro atoms. The number of ketones is 1. The van der Waals surface area contributed by atoms with E-state index in [0.717, 1.165) is 11.3 Å². The van der Waals surface area contributed by atoms with Crippen molar-refractivity contribution >= 4 is 11.4 Å². The Labute approximate surface area is 171 Å². The van der Waals surface area contributed by atoms with Crippen molar-refractivity contribution in [2.75, 3.05) is 0 Å². The van der Waals surface area contributed by atoms with E-state index in [1.54, 1.807) is 46.8 Å². The Balaban J connectivity index is 2.13. The third kappa shape index (κ3) is 4.03. The summed E-state index contributed by atoms with van der Waals surface area (Å²) in [5, 5.41) is 10.9. The maximum atomic E-state index is 13.2. The van der Waals surface area contributed by atoms with Crippen molar-refractivity contribution in [3.8, 4) is 11.6 Å². The van der Waals surface area contributed by atoms with Gasteiger partial charge in [-0.15, -0.1) is 0 Å². The molecule has 1 aromatic heterocycles. The molecule has 1 aromatic carbocycles. The number of aliphatic hydroxyl groups excluding tert-OH is 1. The Morgan fingerprint density at radius 1 is 1.07 bits per heavy atom. The third-order valence-corrected chi connectivity index (χ3v) is 4.99. The summed E-state index contributed by atoms with van der Waals surface area (Å²) in [5.74, 6) is 1.26. The fraction of sp³-hybridized carbons (Fsp3) is 0.435. The lowest BCUT2D eigenvalue weighted by atomic mass is 9.81. The van der Waals surface area contributed by atoms with E-state index in [1.165, 1.54) is 0 Å². The predicted octanol–water partition coefficient (Wildman–Crippen LogP) is 4.87. The highest BCUT2D eigenvalue weighted by Crippen LogP contribution is 2.41. The van der Waals surface area contributed by atoms with E-state index in [2.05, 4.69) is 9.97 Å². The second kappa shape index (κ2) is 7.26. The van der Waals surface area contributed by atoms with Crippen LogP contribution < -0.4 is 4.74 Å². The Hall–Kier alpha value is -2.73. The molecule has 1 aliphatic rings. The van der Waals surface area contributed by atoms with Crippen molar-refractivity contribution in [3.63, 3.8) is 0 Å². The summed E-state index contributed by atoms with van der Waals surface area (Å²) in [6, 6.07) is 7.29. The normalized spacial score (nSPS) is 18.1. The smallest absolute Gasteiger partial charge is 0.222 e. The van der Waals surface area contributed by atoms with Gasteiger partial charge in [-0.1, -0.05) is 13.0 Å². The molecule has 2 heterocycles. The number of aromatic nitrogens is 2. The summed E-state index contributed by atoms with van der Waals surface area (Å²) in [5.41, 5.74) is 0.656. The lowest BCUT2D eigenvalue weighted by Gasteiger charge is -2.40.